The van der Waals surface area contributed by atoms with Crippen LogP contribution in [0.2, 0.25) is 0 Å². The third-order valence-electron chi connectivity index (χ3n) is 3.39. The number of benzene rings is 1. The fourth-order valence-electron chi connectivity index (χ4n) is 2.13. The molecule has 1 unspecified atom stereocenters. The number of carbonyl (C=O) groups excluding carboxylic acids is 2. The molecule has 2 rings (SSSR count). The molecule has 1 atom stereocenters. The van der Waals surface area contributed by atoms with E-state index in [0.29, 0.717) is 0 Å². The number of hydrogen-bond acceptors (Lipinski definition) is 2. The van der Waals surface area contributed by atoms with Gasteiger partial charge in [0.1, 0.15) is 11.6 Å². The molecule has 1 aliphatic rings. The van der Waals surface area contributed by atoms with E-state index in [4.69, 9.17) is 0 Å². The molecular weight excluding hydrogens is 308 g/mol. The Morgan fingerprint density at radius 2 is 1.95 bits per heavy atom. The van der Waals surface area contributed by atoms with Gasteiger partial charge in [-0.3, -0.25) is 14.5 Å². The van der Waals surface area contributed by atoms with Crippen LogP contribution in [0.5, 0.6) is 0 Å². The average Bonchev–Trinajstić information content (AvgIpc) is 2.31. The number of anilines is 1. The third kappa shape index (κ3) is 2.39. The fourth-order valence-corrected chi connectivity index (χ4v) is 2.50. The van der Waals surface area contributed by atoms with E-state index in [1.54, 1.807) is 25.7 Å². The molecule has 1 aliphatic heterocycles. The summed E-state index contributed by atoms with van der Waals surface area (Å²) in [5.74, 6) is -0.239. The summed E-state index contributed by atoms with van der Waals surface area (Å²) in [6, 6.07) is 5.16. The summed E-state index contributed by atoms with van der Waals surface area (Å²) in [6.07, 6.45) is 0. The zero-order valence-electron chi connectivity index (χ0n) is 11.5. The summed E-state index contributed by atoms with van der Waals surface area (Å²) in [5.41, 5.74) is 0.948. The standard InChI is InChI=1S/C14H17BrN2O2/c1-8-5-6-10(7-11(8)15)17-9(2)12(18)16-14(3,4)13(17)19/h5-7,9H,1-4H3,(H,16,18). The summed E-state index contributed by atoms with van der Waals surface area (Å²) in [6.45, 7) is 7.15. The molecule has 5 heteroatoms. The summed E-state index contributed by atoms with van der Waals surface area (Å²) in [5, 5.41) is 2.74. The van der Waals surface area contributed by atoms with Gasteiger partial charge in [0.05, 0.1) is 0 Å². The van der Waals surface area contributed by atoms with Crippen LogP contribution < -0.4 is 10.2 Å². The molecule has 0 radical (unpaired) electrons. The van der Waals surface area contributed by atoms with Gasteiger partial charge in [-0.15, -0.1) is 0 Å². The highest BCUT2D eigenvalue weighted by atomic mass is 79.9. The Kier molecular flexibility index (Phi) is 3.43. The third-order valence-corrected chi connectivity index (χ3v) is 4.24. The lowest BCUT2D eigenvalue weighted by Gasteiger charge is -2.41. The van der Waals surface area contributed by atoms with Crippen molar-refractivity contribution in [3.63, 3.8) is 0 Å². The lowest BCUT2D eigenvalue weighted by Crippen LogP contribution is -2.67. The minimum atomic E-state index is -0.874. The van der Waals surface area contributed by atoms with Crippen LogP contribution in [0.4, 0.5) is 5.69 Å². The second-order valence-corrected chi connectivity index (χ2v) is 6.25. The molecule has 1 aromatic carbocycles. The molecule has 1 saturated heterocycles. The van der Waals surface area contributed by atoms with Crippen LogP contribution in [0.1, 0.15) is 26.3 Å². The van der Waals surface area contributed by atoms with Crippen LogP contribution in [-0.2, 0) is 9.59 Å². The van der Waals surface area contributed by atoms with Crippen LogP contribution in [0.25, 0.3) is 0 Å². The molecule has 0 aromatic heterocycles. The van der Waals surface area contributed by atoms with Crippen molar-refractivity contribution in [2.75, 3.05) is 4.90 Å². The molecule has 2 amide bonds. The van der Waals surface area contributed by atoms with E-state index in [1.807, 2.05) is 25.1 Å². The number of nitrogens with zero attached hydrogens (tertiary/aromatic N) is 1. The van der Waals surface area contributed by atoms with Gasteiger partial charge in [0.25, 0.3) is 5.91 Å². The van der Waals surface area contributed by atoms with Gasteiger partial charge in [-0.05, 0) is 45.4 Å². The Morgan fingerprint density at radius 1 is 1.32 bits per heavy atom. The van der Waals surface area contributed by atoms with Crippen molar-refractivity contribution in [2.24, 2.45) is 0 Å². The van der Waals surface area contributed by atoms with Crippen LogP contribution in [0, 0.1) is 6.92 Å². The Balaban J connectivity index is 2.48. The number of aryl methyl sites for hydroxylation is 1. The number of hydrogen-bond donors (Lipinski definition) is 1. The zero-order chi connectivity index (χ0) is 14.4. The molecular formula is C14H17BrN2O2. The molecule has 1 fully saturated rings. The molecule has 1 aromatic rings. The SMILES string of the molecule is Cc1ccc(N2C(=O)C(C)(C)NC(=O)C2C)cc1Br. The van der Waals surface area contributed by atoms with Gasteiger partial charge < -0.3 is 5.32 Å². The monoisotopic (exact) mass is 324 g/mol. The van der Waals surface area contributed by atoms with Gasteiger partial charge in [-0.1, -0.05) is 22.0 Å². The number of halogens is 1. The predicted octanol–water partition coefficient (Wildman–Crippen LogP) is 2.39. The number of amides is 2. The van der Waals surface area contributed by atoms with Gasteiger partial charge in [0, 0.05) is 10.2 Å². The Hall–Kier alpha value is -1.36. The topological polar surface area (TPSA) is 49.4 Å². The molecule has 0 spiro atoms. The first-order valence-corrected chi connectivity index (χ1v) is 6.95. The summed E-state index contributed by atoms with van der Waals surface area (Å²) < 4.78 is 0.925. The second kappa shape index (κ2) is 4.63. The van der Waals surface area contributed by atoms with Crippen LogP contribution >= 0.6 is 15.9 Å². The number of nitrogens with one attached hydrogen (secondary N) is 1. The van der Waals surface area contributed by atoms with Gasteiger partial charge in [-0.2, -0.15) is 0 Å². The van der Waals surface area contributed by atoms with E-state index in [9.17, 15) is 9.59 Å². The summed E-state index contributed by atoms with van der Waals surface area (Å²) in [7, 11) is 0. The molecule has 0 saturated carbocycles. The van der Waals surface area contributed by atoms with Crippen molar-refractivity contribution in [1.29, 1.82) is 0 Å². The quantitative estimate of drug-likeness (QED) is 0.862. The maximum atomic E-state index is 12.5. The molecule has 1 heterocycles. The van der Waals surface area contributed by atoms with Crippen LogP contribution in [0.3, 0.4) is 0 Å². The maximum Gasteiger partial charge on any atom is 0.252 e. The highest BCUT2D eigenvalue weighted by Crippen LogP contribution is 2.29. The van der Waals surface area contributed by atoms with Crippen molar-refractivity contribution >= 4 is 33.4 Å². The van der Waals surface area contributed by atoms with E-state index in [2.05, 4.69) is 21.2 Å². The summed E-state index contributed by atoms with van der Waals surface area (Å²) in [4.78, 5) is 26.0. The molecule has 1 N–H and O–H groups in total. The van der Waals surface area contributed by atoms with Crippen LogP contribution in [0.15, 0.2) is 22.7 Å². The van der Waals surface area contributed by atoms with Crippen molar-refractivity contribution in [1.82, 2.24) is 5.32 Å². The minimum absolute atomic E-state index is 0.102. The van der Waals surface area contributed by atoms with E-state index in [0.717, 1.165) is 15.7 Å². The molecule has 0 bridgehead atoms. The van der Waals surface area contributed by atoms with Crippen molar-refractivity contribution in [3.05, 3.63) is 28.2 Å². The Bertz CT molecular complexity index is 554. The first-order chi connectivity index (χ1) is 8.74. The first kappa shape index (κ1) is 14.1. The van der Waals surface area contributed by atoms with Crippen molar-refractivity contribution in [2.45, 2.75) is 39.3 Å². The first-order valence-electron chi connectivity index (χ1n) is 6.16. The number of rotatable bonds is 1. The molecule has 19 heavy (non-hydrogen) atoms. The predicted molar refractivity (Wildman–Crippen MR) is 78.0 cm³/mol. The van der Waals surface area contributed by atoms with E-state index in [1.165, 1.54) is 0 Å². The second-order valence-electron chi connectivity index (χ2n) is 5.40. The van der Waals surface area contributed by atoms with Gasteiger partial charge in [0.15, 0.2) is 0 Å². The van der Waals surface area contributed by atoms with E-state index >= 15 is 0 Å². The number of carbonyl (C=O) groups is 2. The molecule has 0 aliphatic carbocycles. The Morgan fingerprint density at radius 3 is 2.53 bits per heavy atom. The van der Waals surface area contributed by atoms with E-state index < -0.39 is 11.6 Å². The van der Waals surface area contributed by atoms with Crippen molar-refractivity contribution < 1.29 is 9.59 Å². The maximum absolute atomic E-state index is 12.5. The highest BCUT2D eigenvalue weighted by molar-refractivity contribution is 9.10. The Labute approximate surface area is 121 Å². The number of piperazine rings is 1. The highest BCUT2D eigenvalue weighted by Gasteiger charge is 2.44. The van der Waals surface area contributed by atoms with Crippen molar-refractivity contribution in [3.8, 4) is 0 Å². The zero-order valence-corrected chi connectivity index (χ0v) is 13.0. The smallest absolute Gasteiger partial charge is 0.252 e. The largest absolute Gasteiger partial charge is 0.340 e. The minimum Gasteiger partial charge on any atom is -0.340 e. The van der Waals surface area contributed by atoms with E-state index in [-0.39, 0.29) is 11.8 Å². The fraction of sp³-hybridized carbons (Fsp3) is 0.429. The normalized spacial score (nSPS) is 22.4. The summed E-state index contributed by atoms with van der Waals surface area (Å²) >= 11 is 3.46. The molecule has 102 valence electrons. The van der Waals surface area contributed by atoms with Gasteiger partial charge >= 0.3 is 0 Å². The van der Waals surface area contributed by atoms with Gasteiger partial charge in [0.2, 0.25) is 5.91 Å². The van der Waals surface area contributed by atoms with Crippen LogP contribution in [-0.4, -0.2) is 23.4 Å². The average molecular weight is 325 g/mol. The lowest BCUT2D eigenvalue weighted by molar-refractivity contribution is -0.136. The lowest BCUT2D eigenvalue weighted by atomic mass is 9.96. The molecule has 4 nitrogen and oxygen atoms in total. The van der Waals surface area contributed by atoms with Gasteiger partial charge in [-0.25, -0.2) is 0 Å².